The molecule has 1 aliphatic carbocycles. The van der Waals surface area contributed by atoms with E-state index in [0.717, 1.165) is 61.1 Å². The van der Waals surface area contributed by atoms with Crippen molar-refractivity contribution in [3.63, 3.8) is 0 Å². The van der Waals surface area contributed by atoms with Crippen LogP contribution >= 0.6 is 24.8 Å². The van der Waals surface area contributed by atoms with Crippen molar-refractivity contribution in [1.29, 1.82) is 0 Å². The van der Waals surface area contributed by atoms with Crippen LogP contribution in [0, 0.1) is 0 Å². The van der Waals surface area contributed by atoms with E-state index in [0.29, 0.717) is 13.1 Å². The molecule has 32 heavy (non-hydrogen) atoms. The summed E-state index contributed by atoms with van der Waals surface area (Å²) in [6.07, 6.45) is -4.70. The van der Waals surface area contributed by atoms with E-state index in [9.17, 15) is 26.3 Å². The molecule has 1 fully saturated rings. The van der Waals surface area contributed by atoms with Crippen molar-refractivity contribution in [3.05, 3.63) is 70.8 Å². The van der Waals surface area contributed by atoms with Gasteiger partial charge in [-0.1, -0.05) is 37.1 Å². The van der Waals surface area contributed by atoms with Crippen LogP contribution in [0.3, 0.4) is 0 Å². The molecule has 0 heterocycles. The highest BCUT2D eigenvalue weighted by molar-refractivity contribution is 5.85. The summed E-state index contributed by atoms with van der Waals surface area (Å²) in [4.78, 5) is 0. The molecule has 2 N–H and O–H groups in total. The van der Waals surface area contributed by atoms with Crippen LogP contribution in [0.15, 0.2) is 48.5 Å². The van der Waals surface area contributed by atoms with Gasteiger partial charge in [-0.2, -0.15) is 26.3 Å². The second-order valence-corrected chi connectivity index (χ2v) is 7.65. The first-order valence-electron chi connectivity index (χ1n) is 9.92. The van der Waals surface area contributed by atoms with E-state index < -0.39 is 23.5 Å². The molecule has 2 atom stereocenters. The van der Waals surface area contributed by atoms with Crippen LogP contribution in [0.25, 0.3) is 0 Å². The molecule has 180 valence electrons. The molecule has 0 saturated heterocycles. The highest BCUT2D eigenvalue weighted by atomic mass is 35.5. The summed E-state index contributed by atoms with van der Waals surface area (Å²) in [5.41, 5.74) is 0.213. The predicted molar refractivity (Wildman–Crippen MR) is 117 cm³/mol. The van der Waals surface area contributed by atoms with Gasteiger partial charge >= 0.3 is 12.4 Å². The van der Waals surface area contributed by atoms with Crippen LogP contribution in [0.2, 0.25) is 0 Å². The summed E-state index contributed by atoms with van der Waals surface area (Å²) >= 11 is 0. The van der Waals surface area contributed by atoms with E-state index in [4.69, 9.17) is 0 Å². The molecule has 0 bridgehead atoms. The molecule has 2 aromatic carbocycles. The van der Waals surface area contributed by atoms with Crippen LogP contribution in [0.1, 0.15) is 47.9 Å². The molecule has 3 rings (SSSR count). The lowest BCUT2D eigenvalue weighted by atomic mass is 9.90. The molecule has 10 heteroatoms. The lowest BCUT2D eigenvalue weighted by Gasteiger charge is -2.33. The molecule has 1 aliphatic rings. The van der Waals surface area contributed by atoms with E-state index in [1.54, 1.807) is 0 Å². The molecule has 2 nitrogen and oxygen atoms in total. The van der Waals surface area contributed by atoms with Crippen molar-refractivity contribution in [2.24, 2.45) is 0 Å². The van der Waals surface area contributed by atoms with Crippen molar-refractivity contribution in [2.75, 3.05) is 0 Å². The fourth-order valence-corrected chi connectivity index (χ4v) is 3.74. The molecule has 2 aromatic rings. The molecule has 0 amide bonds. The minimum absolute atomic E-state index is 0. The smallest absolute Gasteiger partial charge is 0.308 e. The van der Waals surface area contributed by atoms with Gasteiger partial charge in [0.05, 0.1) is 11.1 Å². The fraction of sp³-hybridized carbons (Fsp3) is 0.455. The van der Waals surface area contributed by atoms with Crippen LogP contribution in [-0.4, -0.2) is 12.1 Å². The molecular formula is C22H26Cl2F6N2. The number of hydrogen-bond acceptors (Lipinski definition) is 2. The van der Waals surface area contributed by atoms with Gasteiger partial charge in [0.2, 0.25) is 0 Å². The third-order valence-electron chi connectivity index (χ3n) is 5.47. The zero-order chi connectivity index (χ0) is 21.8. The van der Waals surface area contributed by atoms with Gasteiger partial charge in [-0.05, 0) is 48.2 Å². The fourth-order valence-electron chi connectivity index (χ4n) is 3.74. The number of hydrogen-bond donors (Lipinski definition) is 2. The van der Waals surface area contributed by atoms with Crippen LogP contribution in [0.4, 0.5) is 26.3 Å². The van der Waals surface area contributed by atoms with Gasteiger partial charge in [0.1, 0.15) is 0 Å². The summed E-state index contributed by atoms with van der Waals surface area (Å²) in [6.45, 7) is 0.919. The first-order valence-corrected chi connectivity index (χ1v) is 9.92. The summed E-state index contributed by atoms with van der Waals surface area (Å²) in [5, 5.41) is 6.84. The zero-order valence-electron chi connectivity index (χ0n) is 17.1. The molecule has 0 unspecified atom stereocenters. The Morgan fingerprint density at radius 2 is 0.906 bits per heavy atom. The number of nitrogens with one attached hydrogen (secondary N) is 2. The average Bonchev–Trinajstić information content (AvgIpc) is 2.70. The monoisotopic (exact) mass is 502 g/mol. The van der Waals surface area contributed by atoms with Crippen LogP contribution < -0.4 is 10.6 Å². The van der Waals surface area contributed by atoms with Crippen LogP contribution in [0.5, 0.6) is 0 Å². The Balaban J connectivity index is 0.00000256. The van der Waals surface area contributed by atoms with Gasteiger partial charge in [0, 0.05) is 25.2 Å². The standard InChI is InChI=1S/C22H24F6N2.2ClH/c23-21(24,25)17-9-5-15(6-10-17)13-29-19-3-1-2-4-20(19)30-14-16-7-11-18(12-8-16)22(26,27)28;;/h5-12,19-20,29-30H,1-4,13-14H2;2*1H/t19-,20-;;/m0../s1. The number of rotatable bonds is 6. The Kier molecular flexibility index (Phi) is 10.8. The largest absolute Gasteiger partial charge is 0.416 e. The van der Waals surface area contributed by atoms with E-state index in [-0.39, 0.29) is 36.9 Å². The highest BCUT2D eigenvalue weighted by Crippen LogP contribution is 2.30. The van der Waals surface area contributed by atoms with E-state index >= 15 is 0 Å². The van der Waals surface area contributed by atoms with Gasteiger partial charge in [0.25, 0.3) is 0 Å². The average molecular weight is 503 g/mol. The van der Waals surface area contributed by atoms with Gasteiger partial charge in [-0.3, -0.25) is 0 Å². The Morgan fingerprint density at radius 1 is 0.594 bits per heavy atom. The quantitative estimate of drug-likeness (QED) is 0.426. The Labute approximate surface area is 196 Å². The van der Waals surface area contributed by atoms with Gasteiger partial charge in [0.15, 0.2) is 0 Å². The van der Waals surface area contributed by atoms with E-state index in [2.05, 4.69) is 10.6 Å². The maximum Gasteiger partial charge on any atom is 0.416 e. The van der Waals surface area contributed by atoms with Crippen molar-refractivity contribution >= 4 is 24.8 Å². The van der Waals surface area contributed by atoms with Crippen LogP contribution in [-0.2, 0) is 25.4 Å². The van der Waals surface area contributed by atoms with E-state index in [1.165, 1.54) is 24.3 Å². The maximum atomic E-state index is 12.7. The molecule has 0 aromatic heterocycles. The molecule has 0 spiro atoms. The minimum atomic E-state index is -4.34. The SMILES string of the molecule is Cl.Cl.FC(F)(F)c1ccc(CN[C@H]2CCCC[C@@H]2NCc2ccc(C(F)(F)F)cc2)cc1. The molecule has 0 aliphatic heterocycles. The molecular weight excluding hydrogens is 477 g/mol. The molecule has 1 saturated carbocycles. The topological polar surface area (TPSA) is 24.1 Å². The van der Waals surface area contributed by atoms with Crippen molar-refractivity contribution < 1.29 is 26.3 Å². The predicted octanol–water partition coefficient (Wildman–Crippen LogP) is 6.76. The normalized spacial score (nSPS) is 19.1. The lowest BCUT2D eigenvalue weighted by Crippen LogP contribution is -2.49. The summed E-state index contributed by atoms with van der Waals surface area (Å²) in [6, 6.07) is 10.5. The van der Waals surface area contributed by atoms with Crippen molar-refractivity contribution in [3.8, 4) is 0 Å². The first-order chi connectivity index (χ1) is 14.1. The summed E-state index contributed by atoms with van der Waals surface area (Å²) < 4.78 is 76.0. The van der Waals surface area contributed by atoms with E-state index in [1.807, 2.05) is 0 Å². The Hall–Kier alpha value is -1.48. The maximum absolute atomic E-state index is 12.7. The minimum Gasteiger partial charge on any atom is -0.308 e. The lowest BCUT2D eigenvalue weighted by molar-refractivity contribution is -0.138. The summed E-state index contributed by atoms with van der Waals surface area (Å²) in [7, 11) is 0. The second-order valence-electron chi connectivity index (χ2n) is 7.65. The van der Waals surface area contributed by atoms with Gasteiger partial charge in [-0.25, -0.2) is 0 Å². The van der Waals surface area contributed by atoms with Crippen molar-refractivity contribution in [2.45, 2.75) is 63.2 Å². The Bertz CT molecular complexity index is 738. The zero-order valence-corrected chi connectivity index (χ0v) is 18.7. The number of halogens is 8. The third kappa shape index (κ3) is 8.14. The summed E-state index contributed by atoms with van der Waals surface area (Å²) in [5.74, 6) is 0. The number of alkyl halides is 6. The highest BCUT2D eigenvalue weighted by Gasteiger charge is 2.31. The van der Waals surface area contributed by atoms with Crippen molar-refractivity contribution in [1.82, 2.24) is 10.6 Å². The number of benzene rings is 2. The van der Waals surface area contributed by atoms with Gasteiger partial charge < -0.3 is 10.6 Å². The third-order valence-corrected chi connectivity index (χ3v) is 5.47. The Morgan fingerprint density at radius 3 is 1.19 bits per heavy atom. The molecule has 0 radical (unpaired) electrons. The van der Waals surface area contributed by atoms with Gasteiger partial charge in [-0.15, -0.1) is 24.8 Å². The first kappa shape index (κ1) is 28.6. The second kappa shape index (κ2) is 12.1.